The minimum Gasteiger partial charge on any atom is -0.507 e. The molecule has 3 rings (SSSR count). The van der Waals surface area contributed by atoms with Crippen LogP contribution in [0.3, 0.4) is 0 Å². The van der Waals surface area contributed by atoms with E-state index < -0.39 is 0 Å². The van der Waals surface area contributed by atoms with E-state index in [4.69, 9.17) is 0 Å². The van der Waals surface area contributed by atoms with Crippen molar-refractivity contribution in [3.05, 3.63) is 36.7 Å². The average molecular weight is 308 g/mol. The van der Waals surface area contributed by atoms with E-state index in [0.29, 0.717) is 5.75 Å². The number of hydrogen-bond acceptors (Lipinski definition) is 3. The second kappa shape index (κ2) is 7.48. The van der Waals surface area contributed by atoms with Crippen LogP contribution in [-0.4, -0.2) is 39.4 Å². The van der Waals surface area contributed by atoms with Crippen molar-refractivity contribution in [1.29, 1.82) is 0 Å². The van der Waals surface area contributed by atoms with Crippen LogP contribution in [0.4, 0.5) is 0 Å². The van der Waals surface area contributed by atoms with Gasteiger partial charge in [-0.2, -0.15) is 5.10 Å². The van der Waals surface area contributed by atoms with Crippen molar-refractivity contribution in [2.75, 3.05) is 19.6 Å². The van der Waals surface area contributed by atoms with Crippen molar-refractivity contribution in [3.8, 4) is 16.9 Å². The molecule has 0 amide bonds. The lowest BCUT2D eigenvalue weighted by Crippen LogP contribution is -2.32. The van der Waals surface area contributed by atoms with Gasteiger partial charge in [-0.05, 0) is 32.0 Å². The van der Waals surface area contributed by atoms with E-state index in [-0.39, 0.29) is 12.4 Å². The molecule has 1 N–H and O–H groups in total. The molecule has 0 unspecified atom stereocenters. The summed E-state index contributed by atoms with van der Waals surface area (Å²) in [5.41, 5.74) is 1.82. The van der Waals surface area contributed by atoms with Gasteiger partial charge < -0.3 is 10.0 Å². The van der Waals surface area contributed by atoms with Gasteiger partial charge in [0.15, 0.2) is 0 Å². The summed E-state index contributed by atoms with van der Waals surface area (Å²) in [5.74, 6) is 0.308. The predicted molar refractivity (Wildman–Crippen MR) is 86.9 cm³/mol. The number of rotatable bonds is 4. The summed E-state index contributed by atoms with van der Waals surface area (Å²) in [6, 6.07) is 7.39. The summed E-state index contributed by atoms with van der Waals surface area (Å²) in [7, 11) is 0. The Morgan fingerprint density at radius 1 is 1.05 bits per heavy atom. The number of para-hydroxylation sites is 1. The summed E-state index contributed by atoms with van der Waals surface area (Å²) in [6.45, 7) is 4.40. The third-order valence-electron chi connectivity index (χ3n) is 3.94. The highest BCUT2D eigenvalue weighted by Crippen LogP contribution is 2.27. The summed E-state index contributed by atoms with van der Waals surface area (Å²) in [6.07, 6.45) is 7.85. The predicted octanol–water partition coefficient (Wildman–Crippen LogP) is 3.16. The van der Waals surface area contributed by atoms with Gasteiger partial charge in [-0.15, -0.1) is 12.4 Å². The number of aromatic hydroxyl groups is 1. The zero-order chi connectivity index (χ0) is 13.8. The van der Waals surface area contributed by atoms with Crippen LogP contribution in [0.2, 0.25) is 0 Å². The molecule has 0 aliphatic carbocycles. The van der Waals surface area contributed by atoms with E-state index in [1.807, 2.05) is 35.3 Å². The Labute approximate surface area is 131 Å². The fourth-order valence-electron chi connectivity index (χ4n) is 2.77. The maximum atomic E-state index is 9.86. The van der Waals surface area contributed by atoms with E-state index in [9.17, 15) is 5.11 Å². The summed E-state index contributed by atoms with van der Waals surface area (Å²) in [4.78, 5) is 2.50. The van der Waals surface area contributed by atoms with Gasteiger partial charge in [-0.25, -0.2) is 0 Å². The molecule has 0 atom stereocenters. The second-order valence-corrected chi connectivity index (χ2v) is 5.41. The fraction of sp³-hybridized carbons (Fsp3) is 0.438. The summed E-state index contributed by atoms with van der Waals surface area (Å²) < 4.78 is 1.97. The number of likely N-dealkylation sites (tertiary alicyclic amines) is 1. The molecule has 1 aliphatic heterocycles. The molecule has 0 bridgehead atoms. The highest BCUT2D eigenvalue weighted by atomic mass is 35.5. The van der Waals surface area contributed by atoms with Crippen molar-refractivity contribution in [1.82, 2.24) is 14.7 Å². The Kier molecular flexibility index (Phi) is 5.65. The van der Waals surface area contributed by atoms with Gasteiger partial charge in [0, 0.05) is 23.9 Å². The molecule has 1 aromatic carbocycles. The van der Waals surface area contributed by atoms with Gasteiger partial charge in [0.05, 0.1) is 12.7 Å². The Morgan fingerprint density at radius 2 is 1.81 bits per heavy atom. The average Bonchev–Trinajstić information content (AvgIpc) is 2.95. The molecule has 1 fully saturated rings. The summed E-state index contributed by atoms with van der Waals surface area (Å²) in [5, 5.41) is 14.3. The Balaban J connectivity index is 0.00000161. The standard InChI is InChI=1S/C16H21N3O.ClH/c20-16-7-3-2-6-15(16)14-12-17-19(13-14)11-10-18-8-4-1-5-9-18;/h2-3,6-7,12-13,20H,1,4-5,8-11H2;1H. The Hall–Kier alpha value is -1.52. The minimum atomic E-state index is 0. The number of aromatic nitrogens is 2. The first-order valence-corrected chi connectivity index (χ1v) is 7.36. The van der Waals surface area contributed by atoms with Crippen LogP contribution >= 0.6 is 12.4 Å². The van der Waals surface area contributed by atoms with Crippen molar-refractivity contribution in [2.45, 2.75) is 25.8 Å². The molecule has 0 radical (unpaired) electrons. The largest absolute Gasteiger partial charge is 0.507 e. The highest BCUT2D eigenvalue weighted by Gasteiger charge is 2.10. The zero-order valence-electron chi connectivity index (χ0n) is 12.1. The number of phenolic OH excluding ortho intramolecular Hbond substituents is 1. The van der Waals surface area contributed by atoms with E-state index >= 15 is 0 Å². The van der Waals surface area contributed by atoms with Gasteiger partial charge in [-0.3, -0.25) is 4.68 Å². The molecule has 1 aromatic heterocycles. The maximum absolute atomic E-state index is 9.86. The first-order chi connectivity index (χ1) is 9.83. The van der Waals surface area contributed by atoms with Crippen LogP contribution in [0.1, 0.15) is 19.3 Å². The molecular weight excluding hydrogens is 286 g/mol. The molecule has 2 aromatic rings. The lowest BCUT2D eigenvalue weighted by Gasteiger charge is -2.26. The first-order valence-electron chi connectivity index (χ1n) is 7.36. The molecule has 114 valence electrons. The molecule has 0 saturated carbocycles. The zero-order valence-corrected chi connectivity index (χ0v) is 12.9. The maximum Gasteiger partial charge on any atom is 0.123 e. The lowest BCUT2D eigenvalue weighted by molar-refractivity contribution is 0.218. The van der Waals surface area contributed by atoms with E-state index in [1.54, 1.807) is 6.07 Å². The smallest absolute Gasteiger partial charge is 0.123 e. The number of phenols is 1. The van der Waals surface area contributed by atoms with Crippen LogP contribution in [0.5, 0.6) is 5.75 Å². The van der Waals surface area contributed by atoms with Crippen LogP contribution in [0.15, 0.2) is 36.7 Å². The third kappa shape index (κ3) is 3.99. The summed E-state index contributed by atoms with van der Waals surface area (Å²) >= 11 is 0. The van der Waals surface area contributed by atoms with E-state index in [0.717, 1.165) is 24.2 Å². The monoisotopic (exact) mass is 307 g/mol. The fourth-order valence-corrected chi connectivity index (χ4v) is 2.77. The number of nitrogens with zero attached hydrogens (tertiary/aromatic N) is 3. The quantitative estimate of drug-likeness (QED) is 0.943. The van der Waals surface area contributed by atoms with Gasteiger partial charge in [-0.1, -0.05) is 24.6 Å². The number of halogens is 1. The molecule has 2 heterocycles. The second-order valence-electron chi connectivity index (χ2n) is 5.41. The third-order valence-corrected chi connectivity index (χ3v) is 3.94. The minimum absolute atomic E-state index is 0. The number of piperidine rings is 1. The molecule has 0 spiro atoms. The number of hydrogen-bond donors (Lipinski definition) is 1. The van der Waals surface area contributed by atoms with Crippen LogP contribution in [0, 0.1) is 0 Å². The van der Waals surface area contributed by atoms with E-state index in [2.05, 4.69) is 10.00 Å². The van der Waals surface area contributed by atoms with Crippen LogP contribution in [0.25, 0.3) is 11.1 Å². The van der Waals surface area contributed by atoms with Crippen molar-refractivity contribution >= 4 is 12.4 Å². The molecule has 4 nitrogen and oxygen atoms in total. The Morgan fingerprint density at radius 3 is 2.57 bits per heavy atom. The number of benzene rings is 1. The van der Waals surface area contributed by atoms with E-state index in [1.165, 1.54) is 32.4 Å². The Bertz CT molecular complexity index is 564. The molecular formula is C16H22ClN3O. The molecule has 1 saturated heterocycles. The van der Waals surface area contributed by atoms with Gasteiger partial charge >= 0.3 is 0 Å². The SMILES string of the molecule is Cl.Oc1ccccc1-c1cnn(CCN2CCCCC2)c1. The van der Waals surface area contributed by atoms with Crippen molar-refractivity contribution < 1.29 is 5.11 Å². The van der Waals surface area contributed by atoms with Crippen molar-refractivity contribution in [3.63, 3.8) is 0 Å². The van der Waals surface area contributed by atoms with Gasteiger partial charge in [0.2, 0.25) is 0 Å². The highest BCUT2D eigenvalue weighted by molar-refractivity contribution is 5.85. The topological polar surface area (TPSA) is 41.3 Å². The van der Waals surface area contributed by atoms with Crippen molar-refractivity contribution in [2.24, 2.45) is 0 Å². The van der Waals surface area contributed by atoms with Gasteiger partial charge in [0.25, 0.3) is 0 Å². The normalized spacial score (nSPS) is 15.6. The molecule has 5 heteroatoms. The molecule has 1 aliphatic rings. The lowest BCUT2D eigenvalue weighted by atomic mass is 10.1. The first kappa shape index (κ1) is 15.9. The van der Waals surface area contributed by atoms with Gasteiger partial charge in [0.1, 0.15) is 5.75 Å². The molecule has 21 heavy (non-hydrogen) atoms. The van der Waals surface area contributed by atoms with Crippen LogP contribution in [-0.2, 0) is 6.54 Å². The van der Waals surface area contributed by atoms with Crippen LogP contribution < -0.4 is 0 Å².